The normalized spacial score (nSPS) is 10.7. The van der Waals surface area contributed by atoms with E-state index in [0.717, 1.165) is 5.56 Å². The maximum atomic E-state index is 12.5. The minimum absolute atomic E-state index is 0.189. The number of carbonyl (C=O) groups excluding carboxylic acids is 2. The zero-order valence-electron chi connectivity index (χ0n) is 15.5. The number of amides is 2. The van der Waals surface area contributed by atoms with Crippen LogP contribution in [0.15, 0.2) is 71.8 Å². The number of hydrogen-bond donors (Lipinski definition) is 3. The molecule has 0 saturated carbocycles. The van der Waals surface area contributed by atoms with Crippen molar-refractivity contribution >= 4 is 35.3 Å². The molecule has 3 aromatic rings. The number of aryl methyl sites for hydroxylation is 1. The minimum Gasteiger partial charge on any atom is -0.508 e. The maximum absolute atomic E-state index is 12.5. The molecule has 0 unspecified atom stereocenters. The summed E-state index contributed by atoms with van der Waals surface area (Å²) >= 11 is 6.06. The van der Waals surface area contributed by atoms with Gasteiger partial charge in [-0.15, -0.1) is 0 Å². The number of rotatable bonds is 5. The van der Waals surface area contributed by atoms with E-state index < -0.39 is 11.8 Å². The molecule has 0 aliphatic heterocycles. The van der Waals surface area contributed by atoms with Gasteiger partial charge >= 0.3 is 0 Å². The molecule has 0 aromatic heterocycles. The monoisotopic (exact) mass is 407 g/mol. The number of carbonyl (C=O) groups is 2. The topological polar surface area (TPSA) is 90.8 Å². The standard InChI is InChI=1S/C22H18ClN3O3/c1-14-12-15(10-11-20(14)27)13-24-26-22(29)17-7-3-5-9-19(17)25-21(28)16-6-2-4-8-18(16)23/h2-13,27H,1H3,(H,25,28)(H,26,29)/b24-13-. The van der Waals surface area contributed by atoms with Crippen molar-refractivity contribution in [3.05, 3.63) is 94.0 Å². The predicted molar refractivity (Wildman–Crippen MR) is 114 cm³/mol. The summed E-state index contributed by atoms with van der Waals surface area (Å²) in [6.45, 7) is 1.77. The van der Waals surface area contributed by atoms with E-state index in [1.165, 1.54) is 6.21 Å². The summed E-state index contributed by atoms with van der Waals surface area (Å²) in [7, 11) is 0. The highest BCUT2D eigenvalue weighted by Gasteiger charge is 2.15. The summed E-state index contributed by atoms with van der Waals surface area (Å²) in [5.41, 5.74) is 4.77. The fraction of sp³-hybridized carbons (Fsp3) is 0.0455. The van der Waals surface area contributed by atoms with E-state index in [0.29, 0.717) is 21.8 Å². The fourth-order valence-electron chi connectivity index (χ4n) is 2.61. The molecule has 0 bridgehead atoms. The first kappa shape index (κ1) is 20.1. The number of para-hydroxylation sites is 1. The van der Waals surface area contributed by atoms with E-state index in [2.05, 4.69) is 15.8 Å². The molecule has 3 aromatic carbocycles. The lowest BCUT2D eigenvalue weighted by Gasteiger charge is -2.10. The largest absolute Gasteiger partial charge is 0.508 e. The van der Waals surface area contributed by atoms with E-state index in [1.54, 1.807) is 73.7 Å². The second-order valence-corrected chi connectivity index (χ2v) is 6.63. The van der Waals surface area contributed by atoms with Crippen molar-refractivity contribution in [1.82, 2.24) is 5.43 Å². The number of phenols is 1. The lowest BCUT2D eigenvalue weighted by molar-refractivity contribution is 0.0956. The molecule has 3 N–H and O–H groups in total. The molecule has 2 amide bonds. The van der Waals surface area contributed by atoms with Gasteiger partial charge in [-0.3, -0.25) is 9.59 Å². The molecule has 0 fully saturated rings. The summed E-state index contributed by atoms with van der Waals surface area (Å²) in [6, 6.07) is 18.2. The molecular formula is C22H18ClN3O3. The van der Waals surface area contributed by atoms with Gasteiger partial charge in [-0.2, -0.15) is 5.10 Å². The molecule has 0 spiro atoms. The third-order valence-corrected chi connectivity index (χ3v) is 4.47. The van der Waals surface area contributed by atoms with Gasteiger partial charge < -0.3 is 10.4 Å². The Kier molecular flexibility index (Phi) is 6.26. The average molecular weight is 408 g/mol. The van der Waals surface area contributed by atoms with Crippen LogP contribution in [-0.4, -0.2) is 23.1 Å². The van der Waals surface area contributed by atoms with Crippen molar-refractivity contribution in [2.45, 2.75) is 6.92 Å². The first-order valence-electron chi connectivity index (χ1n) is 8.73. The highest BCUT2D eigenvalue weighted by atomic mass is 35.5. The van der Waals surface area contributed by atoms with Crippen LogP contribution in [0.1, 0.15) is 31.8 Å². The predicted octanol–water partition coefficient (Wildman–Crippen LogP) is 4.37. The molecular weight excluding hydrogens is 390 g/mol. The van der Waals surface area contributed by atoms with Crippen LogP contribution in [0, 0.1) is 6.92 Å². The third kappa shape index (κ3) is 5.00. The van der Waals surface area contributed by atoms with Crippen molar-refractivity contribution in [2.75, 3.05) is 5.32 Å². The smallest absolute Gasteiger partial charge is 0.273 e. The molecule has 146 valence electrons. The molecule has 0 radical (unpaired) electrons. The summed E-state index contributed by atoms with van der Waals surface area (Å²) < 4.78 is 0. The summed E-state index contributed by atoms with van der Waals surface area (Å²) in [6.07, 6.45) is 1.47. The minimum atomic E-state index is -0.480. The molecule has 29 heavy (non-hydrogen) atoms. The quantitative estimate of drug-likeness (QED) is 0.433. The molecule has 0 atom stereocenters. The molecule has 0 saturated heterocycles. The number of nitrogens with zero attached hydrogens (tertiary/aromatic N) is 1. The number of anilines is 1. The zero-order valence-corrected chi connectivity index (χ0v) is 16.3. The van der Waals surface area contributed by atoms with Gasteiger partial charge in [0.2, 0.25) is 0 Å². The second kappa shape index (κ2) is 9.03. The Bertz CT molecular complexity index is 1100. The van der Waals surface area contributed by atoms with E-state index >= 15 is 0 Å². The number of phenolic OH excluding ortho intramolecular Hbond substituents is 1. The van der Waals surface area contributed by atoms with Gasteiger partial charge in [0.05, 0.1) is 28.1 Å². The van der Waals surface area contributed by atoms with Crippen molar-refractivity contribution in [2.24, 2.45) is 5.10 Å². The second-order valence-electron chi connectivity index (χ2n) is 6.22. The average Bonchev–Trinajstić information content (AvgIpc) is 2.71. The molecule has 0 aliphatic rings. The van der Waals surface area contributed by atoms with Crippen LogP contribution in [0.3, 0.4) is 0 Å². The zero-order chi connectivity index (χ0) is 20.8. The Morgan fingerprint density at radius 3 is 2.38 bits per heavy atom. The van der Waals surface area contributed by atoms with Crippen LogP contribution < -0.4 is 10.7 Å². The maximum Gasteiger partial charge on any atom is 0.273 e. The lowest BCUT2D eigenvalue weighted by Crippen LogP contribution is -2.21. The first-order valence-corrected chi connectivity index (χ1v) is 9.11. The van der Waals surface area contributed by atoms with Gasteiger partial charge in [0.25, 0.3) is 11.8 Å². The number of benzene rings is 3. The van der Waals surface area contributed by atoms with Gasteiger partial charge in [-0.1, -0.05) is 35.9 Å². The molecule has 0 aliphatic carbocycles. The van der Waals surface area contributed by atoms with Crippen molar-refractivity contribution in [3.63, 3.8) is 0 Å². The van der Waals surface area contributed by atoms with Crippen LogP contribution in [0.5, 0.6) is 5.75 Å². The first-order chi connectivity index (χ1) is 14.0. The van der Waals surface area contributed by atoms with E-state index in [9.17, 15) is 14.7 Å². The van der Waals surface area contributed by atoms with Crippen LogP contribution >= 0.6 is 11.6 Å². The highest BCUT2D eigenvalue weighted by molar-refractivity contribution is 6.34. The Hall–Kier alpha value is -3.64. The van der Waals surface area contributed by atoms with Crippen LogP contribution in [0.2, 0.25) is 5.02 Å². The van der Waals surface area contributed by atoms with Gasteiger partial charge in [0.15, 0.2) is 0 Å². The molecule has 7 heteroatoms. The summed E-state index contributed by atoms with van der Waals surface area (Å²) in [5.74, 6) is -0.708. The van der Waals surface area contributed by atoms with Crippen molar-refractivity contribution < 1.29 is 14.7 Å². The Morgan fingerprint density at radius 1 is 0.966 bits per heavy atom. The number of hydrogen-bond acceptors (Lipinski definition) is 4. The number of hydrazone groups is 1. The third-order valence-electron chi connectivity index (χ3n) is 4.14. The highest BCUT2D eigenvalue weighted by Crippen LogP contribution is 2.20. The van der Waals surface area contributed by atoms with E-state index in [1.807, 2.05) is 0 Å². The Balaban J connectivity index is 1.73. The molecule has 6 nitrogen and oxygen atoms in total. The van der Waals surface area contributed by atoms with Crippen LogP contribution in [-0.2, 0) is 0 Å². The molecule has 3 rings (SSSR count). The summed E-state index contributed by atoms with van der Waals surface area (Å²) in [4.78, 5) is 25.0. The number of nitrogens with one attached hydrogen (secondary N) is 2. The Labute approximate surface area is 172 Å². The number of aromatic hydroxyl groups is 1. The fourth-order valence-corrected chi connectivity index (χ4v) is 2.83. The summed E-state index contributed by atoms with van der Waals surface area (Å²) in [5, 5.41) is 16.5. The van der Waals surface area contributed by atoms with Crippen LogP contribution in [0.4, 0.5) is 5.69 Å². The SMILES string of the molecule is Cc1cc(/C=N\NC(=O)c2ccccc2NC(=O)c2ccccc2Cl)ccc1O. The van der Waals surface area contributed by atoms with Gasteiger partial charge in [0.1, 0.15) is 5.75 Å². The lowest BCUT2D eigenvalue weighted by atomic mass is 10.1. The Morgan fingerprint density at radius 2 is 1.66 bits per heavy atom. The molecule has 0 heterocycles. The van der Waals surface area contributed by atoms with Gasteiger partial charge in [-0.05, 0) is 60.5 Å². The number of halogens is 1. The van der Waals surface area contributed by atoms with Gasteiger partial charge in [-0.25, -0.2) is 5.43 Å². The van der Waals surface area contributed by atoms with Crippen molar-refractivity contribution in [3.8, 4) is 5.75 Å². The van der Waals surface area contributed by atoms with E-state index in [4.69, 9.17) is 11.6 Å². The van der Waals surface area contributed by atoms with Crippen LogP contribution in [0.25, 0.3) is 0 Å². The van der Waals surface area contributed by atoms with Crippen molar-refractivity contribution in [1.29, 1.82) is 0 Å². The van der Waals surface area contributed by atoms with Gasteiger partial charge in [0, 0.05) is 0 Å². The van der Waals surface area contributed by atoms with E-state index in [-0.39, 0.29) is 11.3 Å².